The number of carbonyl (C=O) groups excluding carboxylic acids is 1. The number of carbonyl (C=O) groups is 1. The minimum absolute atomic E-state index is 0.0601. The number of aliphatic hydroxyl groups is 1. The lowest BCUT2D eigenvalue weighted by Gasteiger charge is -2.37. The summed E-state index contributed by atoms with van der Waals surface area (Å²) in [6.45, 7) is 5.00. The summed E-state index contributed by atoms with van der Waals surface area (Å²) in [6.07, 6.45) is 9.42. The van der Waals surface area contributed by atoms with Crippen LogP contribution in [0.4, 0.5) is 10.5 Å². The van der Waals surface area contributed by atoms with E-state index in [1.54, 1.807) is 4.68 Å². The van der Waals surface area contributed by atoms with Crippen molar-refractivity contribution in [2.24, 2.45) is 5.41 Å². The molecule has 2 fully saturated rings. The molecule has 0 unspecified atom stereocenters. The topological polar surface area (TPSA) is 82.4 Å². The maximum Gasteiger partial charge on any atom is 0.317 e. The largest absolute Gasteiger partial charge is 0.394 e. The first-order valence-electron chi connectivity index (χ1n) is 11.0. The van der Waals surface area contributed by atoms with E-state index in [-0.39, 0.29) is 18.1 Å². The molecule has 0 radical (unpaired) electrons. The number of nitrogens with one attached hydrogen (secondary N) is 2. The van der Waals surface area contributed by atoms with E-state index in [9.17, 15) is 4.79 Å². The Morgan fingerprint density at radius 1 is 1.30 bits per heavy atom. The van der Waals surface area contributed by atoms with Crippen LogP contribution in [-0.2, 0) is 13.1 Å². The van der Waals surface area contributed by atoms with Gasteiger partial charge in [-0.15, -0.1) is 0 Å². The molecule has 3 N–H and O–H groups in total. The second-order valence-electron chi connectivity index (χ2n) is 8.95. The van der Waals surface area contributed by atoms with Crippen molar-refractivity contribution in [1.82, 2.24) is 20.0 Å². The Morgan fingerprint density at radius 3 is 2.90 bits per heavy atom. The summed E-state index contributed by atoms with van der Waals surface area (Å²) in [6, 6.07) is 8.79. The average Bonchev–Trinajstić information content (AvgIpc) is 3.36. The summed E-state index contributed by atoms with van der Waals surface area (Å²) < 4.78 is 1.76. The summed E-state index contributed by atoms with van der Waals surface area (Å²) in [5, 5.41) is 20.0. The summed E-state index contributed by atoms with van der Waals surface area (Å²) >= 11 is 0. The van der Waals surface area contributed by atoms with Gasteiger partial charge in [-0.2, -0.15) is 5.10 Å². The zero-order valence-electron chi connectivity index (χ0n) is 17.8. The van der Waals surface area contributed by atoms with Gasteiger partial charge in [0.15, 0.2) is 0 Å². The number of anilines is 1. The highest BCUT2D eigenvalue weighted by molar-refractivity contribution is 5.74. The molecule has 2 aliphatic rings. The Hall–Kier alpha value is -2.54. The number of benzene rings is 1. The number of aryl methyl sites for hydroxylation is 1. The van der Waals surface area contributed by atoms with Crippen LogP contribution in [0.1, 0.15) is 43.2 Å². The molecular weight excluding hydrogens is 378 g/mol. The third-order valence-corrected chi connectivity index (χ3v) is 6.63. The normalized spacial score (nSPS) is 23.7. The summed E-state index contributed by atoms with van der Waals surface area (Å²) in [5.74, 6) is 0. The molecule has 1 aromatic carbocycles. The molecule has 1 saturated carbocycles. The van der Waals surface area contributed by atoms with E-state index in [0.29, 0.717) is 19.1 Å². The van der Waals surface area contributed by atoms with Gasteiger partial charge >= 0.3 is 6.03 Å². The van der Waals surface area contributed by atoms with Crippen LogP contribution in [0.5, 0.6) is 0 Å². The maximum atomic E-state index is 12.7. The molecule has 1 saturated heterocycles. The third kappa shape index (κ3) is 4.95. The number of aliphatic hydroxyl groups excluding tert-OH is 1. The van der Waals surface area contributed by atoms with Crippen LogP contribution in [-0.4, -0.2) is 51.6 Å². The van der Waals surface area contributed by atoms with Crippen LogP contribution < -0.4 is 10.6 Å². The molecule has 2 aromatic rings. The highest BCUT2D eigenvalue weighted by Gasteiger charge is 2.42. The van der Waals surface area contributed by atoms with Crippen molar-refractivity contribution in [2.45, 2.75) is 58.2 Å². The van der Waals surface area contributed by atoms with E-state index in [1.807, 2.05) is 23.4 Å². The Bertz CT molecular complexity index is 857. The van der Waals surface area contributed by atoms with Crippen LogP contribution in [0.25, 0.3) is 0 Å². The van der Waals surface area contributed by atoms with Gasteiger partial charge in [0.2, 0.25) is 0 Å². The Kier molecular flexibility index (Phi) is 6.27. The molecule has 30 heavy (non-hydrogen) atoms. The van der Waals surface area contributed by atoms with Crippen molar-refractivity contribution in [3.8, 4) is 0 Å². The molecule has 7 heteroatoms. The van der Waals surface area contributed by atoms with Gasteiger partial charge in [0, 0.05) is 31.9 Å². The first-order chi connectivity index (χ1) is 14.5. The number of hydrogen-bond donors (Lipinski definition) is 3. The fourth-order valence-corrected chi connectivity index (χ4v) is 4.90. The predicted octanol–water partition coefficient (Wildman–Crippen LogP) is 3.14. The number of nitrogens with zero attached hydrogens (tertiary/aromatic N) is 3. The van der Waals surface area contributed by atoms with Gasteiger partial charge in [-0.25, -0.2) is 4.79 Å². The molecule has 0 atom stereocenters. The van der Waals surface area contributed by atoms with E-state index < -0.39 is 0 Å². The fraction of sp³-hybridized carbons (Fsp3) is 0.565. The highest BCUT2D eigenvalue weighted by Crippen LogP contribution is 2.44. The van der Waals surface area contributed by atoms with Crippen molar-refractivity contribution in [2.75, 3.05) is 25.0 Å². The predicted molar refractivity (Wildman–Crippen MR) is 117 cm³/mol. The van der Waals surface area contributed by atoms with Gasteiger partial charge in [-0.3, -0.25) is 4.68 Å². The molecule has 162 valence electrons. The molecule has 2 amide bonds. The van der Waals surface area contributed by atoms with E-state index in [1.165, 1.54) is 5.56 Å². The first kappa shape index (κ1) is 20.7. The molecule has 1 aromatic heterocycles. The Labute approximate surface area is 178 Å². The monoisotopic (exact) mass is 411 g/mol. The molecule has 1 aliphatic heterocycles. The number of aromatic nitrogens is 2. The lowest BCUT2D eigenvalue weighted by atomic mass is 9.72. The number of hydrogen-bond acceptors (Lipinski definition) is 4. The SMILES string of the molecule is Cc1cccc(CNC(=O)N2CCC3(CCC(Nc4cnn(CCO)c4)CC3)C2)c1. The van der Waals surface area contributed by atoms with Crippen molar-refractivity contribution in [3.63, 3.8) is 0 Å². The second-order valence-corrected chi connectivity index (χ2v) is 8.95. The molecule has 0 bridgehead atoms. The third-order valence-electron chi connectivity index (χ3n) is 6.63. The lowest BCUT2D eigenvalue weighted by Crippen LogP contribution is -2.41. The zero-order valence-corrected chi connectivity index (χ0v) is 17.8. The zero-order chi connectivity index (χ0) is 21.0. The summed E-state index contributed by atoms with van der Waals surface area (Å²) in [4.78, 5) is 14.7. The number of urea groups is 1. The van der Waals surface area contributed by atoms with Gasteiger partial charge in [0.05, 0.1) is 25.0 Å². The van der Waals surface area contributed by atoms with E-state index in [0.717, 1.165) is 56.4 Å². The number of likely N-dealkylation sites (tertiary alicyclic amines) is 1. The maximum absolute atomic E-state index is 12.7. The van der Waals surface area contributed by atoms with Crippen molar-refractivity contribution in [1.29, 1.82) is 0 Å². The summed E-state index contributed by atoms with van der Waals surface area (Å²) in [7, 11) is 0. The van der Waals surface area contributed by atoms with E-state index in [4.69, 9.17) is 5.11 Å². The average molecular weight is 412 g/mol. The lowest BCUT2D eigenvalue weighted by molar-refractivity contribution is 0.172. The van der Waals surface area contributed by atoms with Gasteiger partial charge in [0.1, 0.15) is 0 Å². The quantitative estimate of drug-likeness (QED) is 0.682. The van der Waals surface area contributed by atoms with Crippen LogP contribution in [0.3, 0.4) is 0 Å². The highest BCUT2D eigenvalue weighted by atomic mass is 16.3. The van der Waals surface area contributed by atoms with E-state index >= 15 is 0 Å². The van der Waals surface area contributed by atoms with Crippen LogP contribution in [0.15, 0.2) is 36.7 Å². The minimum Gasteiger partial charge on any atom is -0.394 e. The molecular formula is C23H33N5O2. The van der Waals surface area contributed by atoms with Gasteiger partial charge < -0.3 is 20.6 Å². The van der Waals surface area contributed by atoms with Crippen molar-refractivity contribution >= 4 is 11.7 Å². The van der Waals surface area contributed by atoms with E-state index in [2.05, 4.69) is 40.9 Å². The molecule has 1 spiro atoms. The minimum atomic E-state index is 0.0601. The van der Waals surface area contributed by atoms with Crippen LogP contribution in [0, 0.1) is 12.3 Å². The fourth-order valence-electron chi connectivity index (χ4n) is 4.90. The van der Waals surface area contributed by atoms with Crippen molar-refractivity contribution in [3.05, 3.63) is 47.8 Å². The van der Waals surface area contributed by atoms with Gasteiger partial charge in [-0.1, -0.05) is 29.8 Å². The van der Waals surface area contributed by atoms with Gasteiger partial charge in [0.25, 0.3) is 0 Å². The Balaban J connectivity index is 1.23. The second kappa shape index (κ2) is 9.08. The number of rotatable bonds is 6. The first-order valence-corrected chi connectivity index (χ1v) is 11.0. The molecule has 7 nitrogen and oxygen atoms in total. The van der Waals surface area contributed by atoms with Gasteiger partial charge in [-0.05, 0) is 50.0 Å². The molecule has 2 heterocycles. The smallest absolute Gasteiger partial charge is 0.317 e. The van der Waals surface area contributed by atoms with Crippen LogP contribution >= 0.6 is 0 Å². The Morgan fingerprint density at radius 2 is 2.13 bits per heavy atom. The van der Waals surface area contributed by atoms with Crippen LogP contribution in [0.2, 0.25) is 0 Å². The van der Waals surface area contributed by atoms with Crippen molar-refractivity contribution < 1.29 is 9.90 Å². The number of amides is 2. The molecule has 1 aliphatic carbocycles. The standard InChI is InChI=1S/C23H33N5O2/c1-18-3-2-4-19(13-18)14-24-22(30)27-10-9-23(17-27)7-5-20(6-8-23)26-21-15-25-28(16-21)11-12-29/h2-4,13,15-16,20,26,29H,5-12,14,17H2,1H3,(H,24,30). The molecule has 4 rings (SSSR count). The summed E-state index contributed by atoms with van der Waals surface area (Å²) in [5.41, 5.74) is 3.66.